The van der Waals surface area contributed by atoms with Crippen LogP contribution in [0.4, 0.5) is 5.82 Å². The molecule has 16 heavy (non-hydrogen) atoms. The van der Waals surface area contributed by atoms with Gasteiger partial charge >= 0.3 is 0 Å². The molecule has 0 saturated heterocycles. The third-order valence-corrected chi connectivity index (χ3v) is 3.10. The molecule has 0 bridgehead atoms. The molecule has 0 fully saturated rings. The first kappa shape index (κ1) is 11.0. The summed E-state index contributed by atoms with van der Waals surface area (Å²) in [5.41, 5.74) is 1.66. The fourth-order valence-electron chi connectivity index (χ4n) is 1.33. The van der Waals surface area contributed by atoms with Gasteiger partial charge in [0.25, 0.3) is 0 Å². The zero-order chi connectivity index (χ0) is 11.5. The van der Waals surface area contributed by atoms with Crippen LogP contribution in [0.1, 0.15) is 5.69 Å². The molecule has 82 valence electrons. The molecule has 2 rings (SSSR count). The van der Waals surface area contributed by atoms with Gasteiger partial charge in [-0.05, 0) is 35.0 Å². The molecule has 0 saturated carbocycles. The van der Waals surface area contributed by atoms with Crippen LogP contribution >= 0.6 is 15.9 Å². The van der Waals surface area contributed by atoms with E-state index in [9.17, 15) is 0 Å². The number of rotatable bonds is 2. The molecule has 0 aromatic carbocycles. The normalized spacial score (nSPS) is 10.2. The fraction of sp³-hybridized carbons (Fsp3) is 0.182. The third-order valence-electron chi connectivity index (χ3n) is 2.15. The standard InChI is InChI=1S/C11H11BrN4/c1-7-9(12)11(13-2)16-10(15-7)8-5-3-4-6-14-8/h3-6H,1-2H3,(H,13,15,16). The van der Waals surface area contributed by atoms with Crippen LogP contribution in [0.25, 0.3) is 11.5 Å². The first-order chi connectivity index (χ1) is 7.72. The Balaban J connectivity index is 2.55. The van der Waals surface area contributed by atoms with Gasteiger partial charge in [-0.3, -0.25) is 4.98 Å². The maximum absolute atomic E-state index is 4.39. The van der Waals surface area contributed by atoms with E-state index < -0.39 is 0 Å². The summed E-state index contributed by atoms with van der Waals surface area (Å²) in [6.07, 6.45) is 1.73. The van der Waals surface area contributed by atoms with Crippen molar-refractivity contribution in [3.8, 4) is 11.5 Å². The lowest BCUT2D eigenvalue weighted by atomic mass is 10.3. The summed E-state index contributed by atoms with van der Waals surface area (Å²) in [5.74, 6) is 1.40. The van der Waals surface area contributed by atoms with E-state index >= 15 is 0 Å². The molecule has 1 N–H and O–H groups in total. The monoisotopic (exact) mass is 278 g/mol. The first-order valence-corrected chi connectivity index (χ1v) is 5.65. The average molecular weight is 279 g/mol. The second-order valence-corrected chi connectivity index (χ2v) is 4.05. The number of aromatic nitrogens is 3. The van der Waals surface area contributed by atoms with Crippen molar-refractivity contribution in [3.63, 3.8) is 0 Å². The smallest absolute Gasteiger partial charge is 0.180 e. The molecule has 0 spiro atoms. The number of hydrogen-bond donors (Lipinski definition) is 1. The van der Waals surface area contributed by atoms with Crippen molar-refractivity contribution < 1.29 is 0 Å². The van der Waals surface area contributed by atoms with E-state index in [1.807, 2.05) is 32.2 Å². The van der Waals surface area contributed by atoms with Gasteiger partial charge in [0, 0.05) is 13.2 Å². The molecule has 0 aliphatic rings. The Bertz CT molecular complexity index is 499. The van der Waals surface area contributed by atoms with Crippen molar-refractivity contribution in [2.75, 3.05) is 12.4 Å². The first-order valence-electron chi connectivity index (χ1n) is 4.85. The van der Waals surface area contributed by atoms with Crippen molar-refractivity contribution in [2.45, 2.75) is 6.92 Å². The zero-order valence-corrected chi connectivity index (χ0v) is 10.6. The van der Waals surface area contributed by atoms with Crippen LogP contribution in [0, 0.1) is 6.92 Å². The van der Waals surface area contributed by atoms with Crippen LogP contribution in [0.5, 0.6) is 0 Å². The highest BCUT2D eigenvalue weighted by Gasteiger charge is 2.09. The molecular weight excluding hydrogens is 268 g/mol. The molecule has 0 aliphatic heterocycles. The molecule has 0 atom stereocenters. The van der Waals surface area contributed by atoms with Gasteiger partial charge in [0.15, 0.2) is 5.82 Å². The van der Waals surface area contributed by atoms with E-state index in [2.05, 4.69) is 36.2 Å². The van der Waals surface area contributed by atoms with Gasteiger partial charge in [0.2, 0.25) is 0 Å². The lowest BCUT2D eigenvalue weighted by molar-refractivity contribution is 1.07. The topological polar surface area (TPSA) is 50.7 Å². The van der Waals surface area contributed by atoms with Gasteiger partial charge in [-0.2, -0.15) is 0 Å². The van der Waals surface area contributed by atoms with Crippen molar-refractivity contribution >= 4 is 21.7 Å². The van der Waals surface area contributed by atoms with E-state index in [0.29, 0.717) is 5.82 Å². The number of anilines is 1. The van der Waals surface area contributed by atoms with Crippen molar-refractivity contribution in [3.05, 3.63) is 34.6 Å². The second kappa shape index (κ2) is 4.57. The highest BCUT2D eigenvalue weighted by Crippen LogP contribution is 2.25. The number of nitrogens with one attached hydrogen (secondary N) is 1. The van der Waals surface area contributed by atoms with Crippen LogP contribution in [-0.4, -0.2) is 22.0 Å². The Morgan fingerprint density at radius 3 is 2.69 bits per heavy atom. The molecule has 0 amide bonds. The summed E-state index contributed by atoms with van der Waals surface area (Å²) >= 11 is 3.44. The van der Waals surface area contributed by atoms with E-state index in [-0.39, 0.29) is 0 Å². The highest BCUT2D eigenvalue weighted by molar-refractivity contribution is 9.10. The van der Waals surface area contributed by atoms with Crippen molar-refractivity contribution in [2.24, 2.45) is 0 Å². The van der Waals surface area contributed by atoms with Crippen molar-refractivity contribution in [1.82, 2.24) is 15.0 Å². The van der Waals surface area contributed by atoms with E-state index in [1.165, 1.54) is 0 Å². The van der Waals surface area contributed by atoms with Crippen LogP contribution in [0.2, 0.25) is 0 Å². The molecule has 2 aromatic rings. The minimum absolute atomic E-state index is 0.630. The van der Waals surface area contributed by atoms with Gasteiger partial charge in [-0.25, -0.2) is 9.97 Å². The number of nitrogens with zero attached hydrogens (tertiary/aromatic N) is 3. The van der Waals surface area contributed by atoms with Crippen LogP contribution in [0.3, 0.4) is 0 Å². The predicted molar refractivity (Wildman–Crippen MR) is 67.2 cm³/mol. The molecule has 5 heteroatoms. The SMILES string of the molecule is CNc1nc(-c2ccccn2)nc(C)c1Br. The Hall–Kier alpha value is -1.49. The second-order valence-electron chi connectivity index (χ2n) is 3.26. The molecule has 2 aromatic heterocycles. The third kappa shape index (κ3) is 2.04. The van der Waals surface area contributed by atoms with Gasteiger partial charge in [-0.1, -0.05) is 6.07 Å². The summed E-state index contributed by atoms with van der Waals surface area (Å²) in [4.78, 5) is 13.0. The quantitative estimate of drug-likeness (QED) is 0.918. The Morgan fingerprint density at radius 1 is 1.25 bits per heavy atom. The van der Waals surface area contributed by atoms with E-state index in [0.717, 1.165) is 21.7 Å². The van der Waals surface area contributed by atoms with Crippen LogP contribution in [-0.2, 0) is 0 Å². The summed E-state index contributed by atoms with van der Waals surface area (Å²) < 4.78 is 0.884. The molecule has 0 unspecified atom stereocenters. The number of hydrogen-bond acceptors (Lipinski definition) is 4. The Labute approximate surface area is 102 Å². The average Bonchev–Trinajstić information content (AvgIpc) is 2.33. The van der Waals surface area contributed by atoms with Gasteiger partial charge in [0.1, 0.15) is 11.5 Å². The molecule has 0 aliphatic carbocycles. The van der Waals surface area contributed by atoms with Gasteiger partial charge < -0.3 is 5.32 Å². The van der Waals surface area contributed by atoms with E-state index in [1.54, 1.807) is 6.20 Å². The lowest BCUT2D eigenvalue weighted by Crippen LogP contribution is -2.01. The van der Waals surface area contributed by atoms with E-state index in [4.69, 9.17) is 0 Å². The summed E-state index contributed by atoms with van der Waals surface area (Å²) in [6, 6.07) is 5.68. The maximum atomic E-state index is 4.39. The lowest BCUT2D eigenvalue weighted by Gasteiger charge is -2.07. The molecule has 2 heterocycles. The predicted octanol–water partition coefficient (Wildman–Crippen LogP) is 2.65. The van der Waals surface area contributed by atoms with Crippen LogP contribution < -0.4 is 5.32 Å². The largest absolute Gasteiger partial charge is 0.372 e. The van der Waals surface area contributed by atoms with Crippen molar-refractivity contribution in [1.29, 1.82) is 0 Å². The number of pyridine rings is 1. The summed E-state index contributed by atoms with van der Waals surface area (Å²) in [5, 5.41) is 3.02. The number of aryl methyl sites for hydroxylation is 1. The maximum Gasteiger partial charge on any atom is 0.180 e. The number of halogens is 1. The van der Waals surface area contributed by atoms with Crippen LogP contribution in [0.15, 0.2) is 28.9 Å². The molecular formula is C11H11BrN4. The Morgan fingerprint density at radius 2 is 2.06 bits per heavy atom. The highest BCUT2D eigenvalue weighted by atomic mass is 79.9. The molecule has 4 nitrogen and oxygen atoms in total. The Kier molecular flexibility index (Phi) is 3.14. The van der Waals surface area contributed by atoms with Gasteiger partial charge in [0.05, 0.1) is 10.2 Å². The zero-order valence-electron chi connectivity index (χ0n) is 9.03. The summed E-state index contributed by atoms with van der Waals surface area (Å²) in [6.45, 7) is 1.93. The summed E-state index contributed by atoms with van der Waals surface area (Å²) in [7, 11) is 1.83. The fourth-order valence-corrected chi connectivity index (χ4v) is 1.71. The van der Waals surface area contributed by atoms with Gasteiger partial charge in [-0.15, -0.1) is 0 Å². The minimum Gasteiger partial charge on any atom is -0.372 e. The molecule has 0 radical (unpaired) electrons. The minimum atomic E-state index is 0.630.